The molecular weight excluding hydrogens is 384 g/mol. The second-order valence-electron chi connectivity index (χ2n) is 5.44. The lowest BCUT2D eigenvalue weighted by Gasteiger charge is -2.14. The molecule has 2 N–H and O–H groups in total. The van der Waals surface area contributed by atoms with Crippen LogP contribution in [-0.4, -0.2) is 17.9 Å². The van der Waals surface area contributed by atoms with E-state index in [0.29, 0.717) is 5.75 Å². The molecule has 0 bridgehead atoms. The molecule has 2 aromatic rings. The van der Waals surface area contributed by atoms with E-state index in [2.05, 4.69) is 26.8 Å². The molecule has 1 atom stereocenters. The molecule has 0 unspecified atom stereocenters. The van der Waals surface area contributed by atoms with Crippen LogP contribution in [0.3, 0.4) is 0 Å². The number of carbonyl (C=O) groups excluding carboxylic acids is 2. The molecule has 0 saturated carbocycles. The van der Waals surface area contributed by atoms with E-state index < -0.39 is 17.9 Å². The number of benzene rings is 2. The Balaban J connectivity index is 1.81. The third kappa shape index (κ3) is 6.43. The number of hydrogen-bond donors (Lipinski definition) is 2. The van der Waals surface area contributed by atoms with Crippen molar-refractivity contribution in [3.63, 3.8) is 0 Å². The predicted molar refractivity (Wildman–Crippen MR) is 101 cm³/mol. The molecule has 0 radical (unpaired) electrons. The molecule has 2 amide bonds. The molecule has 0 fully saturated rings. The van der Waals surface area contributed by atoms with Crippen molar-refractivity contribution in [2.45, 2.75) is 20.0 Å². The summed E-state index contributed by atoms with van der Waals surface area (Å²) in [6.07, 6.45) is 2.28. The Kier molecular flexibility index (Phi) is 6.77. The largest absolute Gasteiger partial charge is 0.481 e. The van der Waals surface area contributed by atoms with Crippen LogP contribution in [0.1, 0.15) is 18.1 Å². The Bertz CT molecular complexity index is 790. The SMILES string of the molecule is Cc1cccc(/C=C/C(=O)NNC(=O)[C@H](C)Oc2cccc(Br)c2)c1. The second-order valence-corrected chi connectivity index (χ2v) is 6.36. The minimum absolute atomic E-state index is 0.426. The molecule has 5 nitrogen and oxygen atoms in total. The van der Waals surface area contributed by atoms with Gasteiger partial charge in [-0.1, -0.05) is 51.8 Å². The monoisotopic (exact) mass is 402 g/mol. The van der Waals surface area contributed by atoms with Crippen LogP contribution in [0, 0.1) is 6.92 Å². The molecule has 130 valence electrons. The molecule has 0 heterocycles. The molecule has 0 aliphatic rings. The van der Waals surface area contributed by atoms with Gasteiger partial charge >= 0.3 is 0 Å². The van der Waals surface area contributed by atoms with Crippen LogP contribution < -0.4 is 15.6 Å². The number of rotatable bonds is 5. The number of ether oxygens (including phenoxy) is 1. The summed E-state index contributed by atoms with van der Waals surface area (Å²) in [5, 5.41) is 0. The Morgan fingerprint density at radius 1 is 1.12 bits per heavy atom. The first-order valence-corrected chi connectivity index (χ1v) is 8.50. The molecule has 0 spiro atoms. The van der Waals surface area contributed by atoms with Gasteiger partial charge in [0.25, 0.3) is 11.8 Å². The summed E-state index contributed by atoms with van der Waals surface area (Å²) in [6, 6.07) is 14.9. The highest BCUT2D eigenvalue weighted by Gasteiger charge is 2.14. The van der Waals surface area contributed by atoms with Crippen molar-refractivity contribution in [2.75, 3.05) is 0 Å². The number of aryl methyl sites for hydroxylation is 1. The highest BCUT2D eigenvalue weighted by Crippen LogP contribution is 2.18. The van der Waals surface area contributed by atoms with Gasteiger partial charge in [0.1, 0.15) is 5.75 Å². The maximum absolute atomic E-state index is 12.0. The van der Waals surface area contributed by atoms with Crippen LogP contribution in [0.25, 0.3) is 6.08 Å². The number of carbonyl (C=O) groups is 2. The van der Waals surface area contributed by atoms with Crippen molar-refractivity contribution in [3.05, 3.63) is 70.2 Å². The fraction of sp³-hybridized carbons (Fsp3) is 0.158. The van der Waals surface area contributed by atoms with Gasteiger partial charge in [0.05, 0.1) is 0 Å². The van der Waals surface area contributed by atoms with Crippen molar-refractivity contribution in [1.82, 2.24) is 10.9 Å². The Morgan fingerprint density at radius 2 is 1.88 bits per heavy atom. The Morgan fingerprint density at radius 3 is 2.60 bits per heavy atom. The molecule has 0 aromatic heterocycles. The average molecular weight is 403 g/mol. The minimum Gasteiger partial charge on any atom is -0.481 e. The van der Waals surface area contributed by atoms with Gasteiger partial charge in [-0.25, -0.2) is 0 Å². The quantitative estimate of drug-likeness (QED) is 0.594. The number of hydrogen-bond acceptors (Lipinski definition) is 3. The van der Waals surface area contributed by atoms with Gasteiger partial charge in [0, 0.05) is 10.5 Å². The fourth-order valence-electron chi connectivity index (χ4n) is 2.01. The maximum Gasteiger partial charge on any atom is 0.279 e. The van der Waals surface area contributed by atoms with E-state index in [1.807, 2.05) is 43.3 Å². The van der Waals surface area contributed by atoms with Crippen molar-refractivity contribution in [3.8, 4) is 5.75 Å². The topological polar surface area (TPSA) is 67.4 Å². The minimum atomic E-state index is -0.754. The lowest BCUT2D eigenvalue weighted by atomic mass is 10.1. The van der Waals surface area contributed by atoms with Crippen LogP contribution in [0.2, 0.25) is 0 Å². The van der Waals surface area contributed by atoms with Crippen LogP contribution in [0.4, 0.5) is 0 Å². The van der Waals surface area contributed by atoms with Gasteiger partial charge in [-0.3, -0.25) is 20.4 Å². The normalized spacial score (nSPS) is 11.8. The van der Waals surface area contributed by atoms with E-state index in [-0.39, 0.29) is 0 Å². The maximum atomic E-state index is 12.0. The summed E-state index contributed by atoms with van der Waals surface area (Å²) in [5.74, 6) is -0.315. The smallest absolute Gasteiger partial charge is 0.279 e. The first-order valence-electron chi connectivity index (χ1n) is 7.71. The number of halogens is 1. The van der Waals surface area contributed by atoms with Gasteiger partial charge in [-0.05, 0) is 43.7 Å². The summed E-state index contributed by atoms with van der Waals surface area (Å²) >= 11 is 3.33. The third-order valence-corrected chi connectivity index (χ3v) is 3.75. The van der Waals surface area contributed by atoms with Crippen molar-refractivity contribution in [2.24, 2.45) is 0 Å². The van der Waals surface area contributed by atoms with Crippen LogP contribution >= 0.6 is 15.9 Å². The Labute approximate surface area is 155 Å². The van der Waals surface area contributed by atoms with E-state index in [0.717, 1.165) is 15.6 Å². The van der Waals surface area contributed by atoms with Gasteiger partial charge in [-0.2, -0.15) is 0 Å². The van der Waals surface area contributed by atoms with Crippen LogP contribution in [0.15, 0.2) is 59.1 Å². The Hall–Kier alpha value is -2.60. The molecule has 2 rings (SSSR count). The molecule has 0 aliphatic carbocycles. The van der Waals surface area contributed by atoms with Gasteiger partial charge in [-0.15, -0.1) is 0 Å². The summed E-state index contributed by atoms with van der Waals surface area (Å²) in [4.78, 5) is 23.7. The summed E-state index contributed by atoms with van der Waals surface area (Å²) in [5.41, 5.74) is 6.69. The highest BCUT2D eigenvalue weighted by atomic mass is 79.9. The van der Waals surface area contributed by atoms with Crippen molar-refractivity contribution >= 4 is 33.8 Å². The zero-order chi connectivity index (χ0) is 18.2. The number of nitrogens with one attached hydrogen (secondary N) is 2. The van der Waals surface area contributed by atoms with Crippen molar-refractivity contribution in [1.29, 1.82) is 0 Å². The van der Waals surface area contributed by atoms with E-state index in [1.165, 1.54) is 6.08 Å². The van der Waals surface area contributed by atoms with E-state index in [9.17, 15) is 9.59 Å². The van der Waals surface area contributed by atoms with Gasteiger partial charge < -0.3 is 4.74 Å². The average Bonchev–Trinajstić information content (AvgIpc) is 2.58. The zero-order valence-electron chi connectivity index (χ0n) is 14.0. The van der Waals surface area contributed by atoms with Gasteiger partial charge in [0.15, 0.2) is 6.10 Å². The van der Waals surface area contributed by atoms with E-state index in [1.54, 1.807) is 25.1 Å². The first-order chi connectivity index (χ1) is 11.9. The number of amides is 2. The van der Waals surface area contributed by atoms with E-state index in [4.69, 9.17) is 4.74 Å². The van der Waals surface area contributed by atoms with Crippen LogP contribution in [0.5, 0.6) is 5.75 Å². The third-order valence-electron chi connectivity index (χ3n) is 3.26. The molecule has 0 saturated heterocycles. The standard InChI is InChI=1S/C19H19BrN2O3/c1-13-5-3-6-15(11-13)9-10-18(23)21-22-19(24)14(2)25-17-8-4-7-16(20)12-17/h3-12,14H,1-2H3,(H,21,23)(H,22,24)/b10-9+/t14-/m0/s1. The molecule has 0 aliphatic heterocycles. The zero-order valence-corrected chi connectivity index (χ0v) is 15.5. The molecule has 6 heteroatoms. The highest BCUT2D eigenvalue weighted by molar-refractivity contribution is 9.10. The lowest BCUT2D eigenvalue weighted by Crippen LogP contribution is -2.46. The molecule has 2 aromatic carbocycles. The lowest BCUT2D eigenvalue weighted by molar-refractivity contribution is -0.131. The second kappa shape index (κ2) is 9.03. The van der Waals surface area contributed by atoms with Gasteiger partial charge in [0.2, 0.25) is 0 Å². The molecular formula is C19H19BrN2O3. The molecule has 25 heavy (non-hydrogen) atoms. The predicted octanol–water partition coefficient (Wildman–Crippen LogP) is 3.39. The fourth-order valence-corrected chi connectivity index (χ4v) is 2.39. The number of hydrazine groups is 1. The van der Waals surface area contributed by atoms with Crippen LogP contribution in [-0.2, 0) is 9.59 Å². The summed E-state index contributed by atoms with van der Waals surface area (Å²) in [6.45, 7) is 3.58. The summed E-state index contributed by atoms with van der Waals surface area (Å²) in [7, 11) is 0. The van der Waals surface area contributed by atoms with E-state index >= 15 is 0 Å². The van der Waals surface area contributed by atoms with Crippen molar-refractivity contribution < 1.29 is 14.3 Å². The summed E-state index contributed by atoms with van der Waals surface area (Å²) < 4.78 is 6.37. The first kappa shape index (κ1) is 18.7.